The zero-order valence-electron chi connectivity index (χ0n) is 11.4. The number of amides is 1. The number of nitro benzene ring substituents is 1. The van der Waals surface area contributed by atoms with Crippen molar-refractivity contribution in [3.63, 3.8) is 0 Å². The van der Waals surface area contributed by atoms with Crippen molar-refractivity contribution in [3.05, 3.63) is 52.3 Å². The summed E-state index contributed by atoms with van der Waals surface area (Å²) in [6, 6.07) is 6.02. The molecule has 0 aliphatic rings. The summed E-state index contributed by atoms with van der Waals surface area (Å²) in [5.74, 6) is -0.292. The van der Waals surface area contributed by atoms with Gasteiger partial charge in [0.2, 0.25) is 0 Å². The van der Waals surface area contributed by atoms with E-state index in [1.54, 1.807) is 23.1 Å². The van der Waals surface area contributed by atoms with Gasteiger partial charge in [-0.15, -0.1) is 0 Å². The van der Waals surface area contributed by atoms with Crippen LogP contribution in [0.25, 0.3) is 0 Å². The van der Waals surface area contributed by atoms with Crippen LogP contribution in [0.5, 0.6) is 0 Å². The van der Waals surface area contributed by atoms with Gasteiger partial charge in [-0.2, -0.15) is 5.10 Å². The summed E-state index contributed by atoms with van der Waals surface area (Å²) in [4.78, 5) is 22.1. The van der Waals surface area contributed by atoms with Crippen LogP contribution in [0.15, 0.2) is 36.7 Å². The lowest BCUT2D eigenvalue weighted by molar-refractivity contribution is -0.384. The molecule has 1 heterocycles. The molecular formula is C13H15N5O3. The molecule has 0 radical (unpaired) electrons. The molecule has 0 spiro atoms. The zero-order valence-corrected chi connectivity index (χ0v) is 11.4. The van der Waals surface area contributed by atoms with Crippen molar-refractivity contribution >= 4 is 17.3 Å². The number of rotatable bonds is 6. The molecule has 8 heteroatoms. The van der Waals surface area contributed by atoms with E-state index < -0.39 is 4.92 Å². The smallest absolute Gasteiger partial charge is 0.292 e. The predicted molar refractivity (Wildman–Crippen MR) is 77.2 cm³/mol. The highest BCUT2D eigenvalue weighted by molar-refractivity contribution is 5.95. The Morgan fingerprint density at radius 2 is 2.29 bits per heavy atom. The van der Waals surface area contributed by atoms with Crippen LogP contribution in [0.2, 0.25) is 0 Å². The van der Waals surface area contributed by atoms with Gasteiger partial charge in [-0.25, -0.2) is 0 Å². The van der Waals surface area contributed by atoms with E-state index >= 15 is 0 Å². The van der Waals surface area contributed by atoms with Crippen LogP contribution in [-0.2, 0) is 6.54 Å². The second kappa shape index (κ2) is 6.51. The lowest BCUT2D eigenvalue weighted by atomic mass is 10.1. The topological polar surface area (TPSA) is 102 Å². The van der Waals surface area contributed by atoms with Crippen LogP contribution in [0.1, 0.15) is 10.4 Å². The van der Waals surface area contributed by atoms with Gasteiger partial charge in [-0.05, 0) is 18.2 Å². The third-order valence-corrected chi connectivity index (χ3v) is 2.90. The normalized spacial score (nSPS) is 10.1. The van der Waals surface area contributed by atoms with E-state index in [1.807, 2.05) is 0 Å². The number of anilines is 1. The molecule has 0 bridgehead atoms. The van der Waals surface area contributed by atoms with Crippen molar-refractivity contribution in [1.29, 1.82) is 0 Å². The van der Waals surface area contributed by atoms with E-state index in [0.29, 0.717) is 24.3 Å². The van der Waals surface area contributed by atoms with Gasteiger partial charge in [0, 0.05) is 37.6 Å². The largest absolute Gasteiger partial charge is 0.378 e. The van der Waals surface area contributed by atoms with Crippen LogP contribution in [-0.4, -0.2) is 34.2 Å². The van der Waals surface area contributed by atoms with Gasteiger partial charge in [-0.3, -0.25) is 19.6 Å². The average molecular weight is 289 g/mol. The molecule has 1 aromatic carbocycles. The van der Waals surface area contributed by atoms with E-state index in [1.165, 1.54) is 25.2 Å². The molecule has 0 saturated carbocycles. The molecule has 2 aromatic rings. The Hall–Kier alpha value is -2.90. The summed E-state index contributed by atoms with van der Waals surface area (Å²) in [5.41, 5.74) is 0.612. The minimum absolute atomic E-state index is 0.0666. The number of hydrogen-bond donors (Lipinski definition) is 2. The Balaban J connectivity index is 2.14. The fourth-order valence-electron chi connectivity index (χ4n) is 1.86. The van der Waals surface area contributed by atoms with Gasteiger partial charge in [0.25, 0.3) is 11.6 Å². The zero-order chi connectivity index (χ0) is 15.2. The number of benzene rings is 1. The summed E-state index contributed by atoms with van der Waals surface area (Å²) in [6.07, 6.45) is 3.46. The second-order valence-electron chi connectivity index (χ2n) is 4.26. The van der Waals surface area contributed by atoms with Crippen LogP contribution in [0.3, 0.4) is 0 Å². The van der Waals surface area contributed by atoms with Crippen molar-refractivity contribution in [3.8, 4) is 0 Å². The fourth-order valence-corrected chi connectivity index (χ4v) is 1.86. The van der Waals surface area contributed by atoms with Gasteiger partial charge in [0.1, 0.15) is 5.69 Å². The summed E-state index contributed by atoms with van der Waals surface area (Å²) in [7, 11) is 1.51. The molecule has 0 saturated heterocycles. The molecule has 21 heavy (non-hydrogen) atoms. The quantitative estimate of drug-likeness (QED) is 0.615. The maximum Gasteiger partial charge on any atom is 0.292 e. The van der Waals surface area contributed by atoms with Gasteiger partial charge in [0.15, 0.2) is 0 Å². The first kappa shape index (κ1) is 14.5. The van der Waals surface area contributed by atoms with E-state index in [-0.39, 0.29) is 11.6 Å². The van der Waals surface area contributed by atoms with Gasteiger partial charge >= 0.3 is 0 Å². The summed E-state index contributed by atoms with van der Waals surface area (Å²) in [5, 5.41) is 20.5. The van der Waals surface area contributed by atoms with Gasteiger partial charge in [-0.1, -0.05) is 0 Å². The molecule has 0 fully saturated rings. The number of hydrogen-bond acceptors (Lipinski definition) is 5. The van der Waals surface area contributed by atoms with E-state index in [4.69, 9.17) is 0 Å². The first-order valence-corrected chi connectivity index (χ1v) is 6.33. The number of nitrogens with one attached hydrogen (secondary N) is 2. The first-order valence-electron chi connectivity index (χ1n) is 6.33. The van der Waals surface area contributed by atoms with Crippen LogP contribution in [0, 0.1) is 10.1 Å². The Morgan fingerprint density at radius 3 is 2.90 bits per heavy atom. The van der Waals surface area contributed by atoms with Crippen molar-refractivity contribution in [2.24, 2.45) is 0 Å². The number of carbonyl (C=O) groups is 1. The standard InChI is InChI=1S/C13H15N5O3/c1-14-13(19)10-3-4-12(18(20)21)11(9-10)15-6-8-17-7-2-5-16-17/h2-5,7,9,15H,6,8H2,1H3,(H,14,19). The highest BCUT2D eigenvalue weighted by Gasteiger charge is 2.16. The fraction of sp³-hybridized carbons (Fsp3) is 0.231. The van der Waals surface area contributed by atoms with E-state index in [9.17, 15) is 14.9 Å². The minimum atomic E-state index is -0.482. The number of aromatic nitrogens is 2. The van der Waals surface area contributed by atoms with Crippen LogP contribution in [0.4, 0.5) is 11.4 Å². The minimum Gasteiger partial charge on any atom is -0.378 e. The molecule has 2 rings (SSSR count). The van der Waals surface area contributed by atoms with Crippen molar-refractivity contribution in [1.82, 2.24) is 15.1 Å². The van der Waals surface area contributed by atoms with Crippen LogP contribution >= 0.6 is 0 Å². The average Bonchev–Trinajstić information content (AvgIpc) is 2.99. The maximum absolute atomic E-state index is 11.6. The molecule has 110 valence electrons. The first-order chi connectivity index (χ1) is 10.1. The monoisotopic (exact) mass is 289 g/mol. The molecule has 0 unspecified atom stereocenters. The highest BCUT2D eigenvalue weighted by Crippen LogP contribution is 2.25. The van der Waals surface area contributed by atoms with Crippen LogP contribution < -0.4 is 10.6 Å². The Morgan fingerprint density at radius 1 is 1.48 bits per heavy atom. The summed E-state index contributed by atoms with van der Waals surface area (Å²) < 4.78 is 1.71. The predicted octanol–water partition coefficient (Wildman–Crippen LogP) is 1.26. The highest BCUT2D eigenvalue weighted by atomic mass is 16.6. The molecule has 0 atom stereocenters. The maximum atomic E-state index is 11.6. The number of nitro groups is 1. The van der Waals surface area contributed by atoms with Gasteiger partial charge < -0.3 is 10.6 Å². The van der Waals surface area contributed by atoms with E-state index in [2.05, 4.69) is 15.7 Å². The third kappa shape index (κ3) is 3.56. The van der Waals surface area contributed by atoms with Gasteiger partial charge in [0.05, 0.1) is 11.5 Å². The van der Waals surface area contributed by atoms with Crippen molar-refractivity contribution in [2.75, 3.05) is 18.9 Å². The molecule has 0 aliphatic carbocycles. The Labute approximate surface area is 120 Å². The molecular weight excluding hydrogens is 274 g/mol. The number of nitrogens with zero attached hydrogens (tertiary/aromatic N) is 3. The molecule has 8 nitrogen and oxygen atoms in total. The summed E-state index contributed by atoms with van der Waals surface area (Å²) in [6.45, 7) is 1.02. The molecule has 1 amide bonds. The molecule has 0 aliphatic heterocycles. The lowest BCUT2D eigenvalue weighted by Crippen LogP contribution is -2.18. The Bertz CT molecular complexity index is 639. The lowest BCUT2D eigenvalue weighted by Gasteiger charge is -2.09. The summed E-state index contributed by atoms with van der Waals surface area (Å²) >= 11 is 0. The van der Waals surface area contributed by atoms with Crippen molar-refractivity contribution in [2.45, 2.75) is 6.54 Å². The molecule has 2 N–H and O–H groups in total. The SMILES string of the molecule is CNC(=O)c1ccc([N+](=O)[O-])c(NCCn2cccn2)c1. The number of carbonyl (C=O) groups excluding carboxylic acids is 1. The van der Waals surface area contributed by atoms with Crippen molar-refractivity contribution < 1.29 is 9.72 Å². The van der Waals surface area contributed by atoms with E-state index in [0.717, 1.165) is 0 Å². The second-order valence-corrected chi connectivity index (χ2v) is 4.26. The third-order valence-electron chi connectivity index (χ3n) is 2.90. The molecule has 1 aromatic heterocycles. The Kier molecular flexibility index (Phi) is 4.50.